The number of benzene rings is 1. The molecule has 100 valence electrons. The summed E-state index contributed by atoms with van der Waals surface area (Å²) in [7, 11) is 0. The molecule has 0 spiro atoms. The van der Waals surface area contributed by atoms with Crippen molar-refractivity contribution in [1.29, 1.82) is 0 Å². The number of nitrogens with one attached hydrogen (secondary N) is 1. The zero-order valence-electron chi connectivity index (χ0n) is 10.8. The Morgan fingerprint density at radius 3 is 2.42 bits per heavy atom. The molecule has 1 N–H and O–H groups in total. The Bertz CT molecular complexity index is 460. The highest BCUT2D eigenvalue weighted by Crippen LogP contribution is 2.23. The van der Waals surface area contributed by atoms with E-state index in [1.807, 2.05) is 24.3 Å². The Morgan fingerprint density at radius 1 is 1.26 bits per heavy atom. The molecule has 0 atom stereocenters. The van der Waals surface area contributed by atoms with Gasteiger partial charge in [-0.25, -0.2) is 0 Å². The zero-order chi connectivity index (χ0) is 13.7. The molecular weight excluding hydrogens is 240 g/mol. The SMILES string of the molecule is C=CC(=O)Nc1ccc(N2CCC(C=O)CC2)cc1. The first-order valence-electron chi connectivity index (χ1n) is 6.46. The van der Waals surface area contributed by atoms with E-state index in [1.54, 1.807) is 0 Å². The topological polar surface area (TPSA) is 49.4 Å². The Balaban J connectivity index is 1.97. The summed E-state index contributed by atoms with van der Waals surface area (Å²) in [5, 5.41) is 2.72. The predicted octanol–water partition coefficient (Wildman–Crippen LogP) is 2.23. The van der Waals surface area contributed by atoms with Crippen molar-refractivity contribution in [3.8, 4) is 0 Å². The lowest BCUT2D eigenvalue weighted by molar-refractivity contribution is -0.112. The highest BCUT2D eigenvalue weighted by molar-refractivity contribution is 5.98. The fourth-order valence-electron chi connectivity index (χ4n) is 2.24. The van der Waals surface area contributed by atoms with E-state index in [9.17, 15) is 9.59 Å². The average molecular weight is 258 g/mol. The number of hydrogen-bond donors (Lipinski definition) is 1. The largest absolute Gasteiger partial charge is 0.371 e. The summed E-state index contributed by atoms with van der Waals surface area (Å²) < 4.78 is 0. The molecule has 1 aliphatic heterocycles. The van der Waals surface area contributed by atoms with Crippen LogP contribution in [0.25, 0.3) is 0 Å². The molecular formula is C15H18N2O2. The molecule has 1 fully saturated rings. The van der Waals surface area contributed by atoms with Crippen molar-refractivity contribution in [3.05, 3.63) is 36.9 Å². The van der Waals surface area contributed by atoms with Gasteiger partial charge in [0.25, 0.3) is 0 Å². The van der Waals surface area contributed by atoms with Crippen LogP contribution in [0.2, 0.25) is 0 Å². The standard InChI is InChI=1S/C15H18N2O2/c1-2-15(19)16-13-3-5-14(6-4-13)17-9-7-12(11-18)8-10-17/h2-6,11-12H,1,7-10H2,(H,16,19). The van der Waals surface area contributed by atoms with Crippen molar-refractivity contribution >= 4 is 23.6 Å². The van der Waals surface area contributed by atoms with Gasteiger partial charge in [-0.2, -0.15) is 0 Å². The molecule has 1 aromatic carbocycles. The molecule has 1 heterocycles. The second-order valence-corrected chi connectivity index (χ2v) is 4.70. The summed E-state index contributed by atoms with van der Waals surface area (Å²) in [6.45, 7) is 5.22. The molecule has 1 aliphatic rings. The molecule has 0 aromatic heterocycles. The number of rotatable bonds is 4. The second-order valence-electron chi connectivity index (χ2n) is 4.70. The lowest BCUT2D eigenvalue weighted by Crippen LogP contribution is -2.34. The number of carbonyl (C=O) groups excluding carboxylic acids is 2. The summed E-state index contributed by atoms with van der Waals surface area (Å²) in [5.41, 5.74) is 1.89. The predicted molar refractivity (Wildman–Crippen MR) is 76.3 cm³/mol. The molecule has 4 nitrogen and oxygen atoms in total. The third kappa shape index (κ3) is 3.44. The van der Waals surface area contributed by atoms with Crippen molar-refractivity contribution in [2.75, 3.05) is 23.3 Å². The number of carbonyl (C=O) groups is 2. The highest BCUT2D eigenvalue weighted by Gasteiger charge is 2.18. The van der Waals surface area contributed by atoms with Gasteiger partial charge in [0.15, 0.2) is 0 Å². The van der Waals surface area contributed by atoms with Crippen LogP contribution in [0.4, 0.5) is 11.4 Å². The first kappa shape index (κ1) is 13.3. The van der Waals surface area contributed by atoms with Gasteiger partial charge in [-0.3, -0.25) is 4.79 Å². The Kier molecular flexibility index (Phi) is 4.34. The van der Waals surface area contributed by atoms with E-state index < -0.39 is 0 Å². The minimum Gasteiger partial charge on any atom is -0.371 e. The minimum atomic E-state index is -0.209. The van der Waals surface area contributed by atoms with Gasteiger partial charge in [-0.05, 0) is 43.2 Å². The van der Waals surface area contributed by atoms with Crippen LogP contribution in [0.15, 0.2) is 36.9 Å². The van der Waals surface area contributed by atoms with E-state index in [4.69, 9.17) is 0 Å². The molecule has 0 aliphatic carbocycles. The monoisotopic (exact) mass is 258 g/mol. The third-order valence-corrected chi connectivity index (χ3v) is 3.42. The van der Waals surface area contributed by atoms with Crippen molar-refractivity contribution in [2.24, 2.45) is 5.92 Å². The molecule has 19 heavy (non-hydrogen) atoms. The van der Waals surface area contributed by atoms with Crippen molar-refractivity contribution in [3.63, 3.8) is 0 Å². The van der Waals surface area contributed by atoms with Gasteiger partial charge in [-0.1, -0.05) is 6.58 Å². The molecule has 1 amide bonds. The number of anilines is 2. The Hall–Kier alpha value is -2.10. The maximum Gasteiger partial charge on any atom is 0.247 e. The van der Waals surface area contributed by atoms with Gasteiger partial charge in [0.2, 0.25) is 5.91 Å². The van der Waals surface area contributed by atoms with Crippen LogP contribution in [-0.4, -0.2) is 25.3 Å². The molecule has 0 saturated carbocycles. The molecule has 2 rings (SSSR count). The van der Waals surface area contributed by atoms with Crippen LogP contribution in [0.1, 0.15) is 12.8 Å². The first-order valence-corrected chi connectivity index (χ1v) is 6.46. The van der Waals surface area contributed by atoms with Crippen LogP contribution in [0.3, 0.4) is 0 Å². The van der Waals surface area contributed by atoms with Gasteiger partial charge in [-0.15, -0.1) is 0 Å². The molecule has 0 bridgehead atoms. The number of aldehydes is 1. The zero-order valence-corrected chi connectivity index (χ0v) is 10.8. The number of amides is 1. The summed E-state index contributed by atoms with van der Waals surface area (Å²) in [6.07, 6.45) is 4.14. The maximum absolute atomic E-state index is 11.2. The molecule has 0 radical (unpaired) electrons. The van der Waals surface area contributed by atoms with Crippen molar-refractivity contribution < 1.29 is 9.59 Å². The highest BCUT2D eigenvalue weighted by atomic mass is 16.1. The molecule has 0 unspecified atom stereocenters. The van der Waals surface area contributed by atoms with Gasteiger partial charge >= 0.3 is 0 Å². The number of nitrogens with zero attached hydrogens (tertiary/aromatic N) is 1. The second kappa shape index (κ2) is 6.18. The van der Waals surface area contributed by atoms with E-state index in [2.05, 4.69) is 16.8 Å². The smallest absolute Gasteiger partial charge is 0.247 e. The van der Waals surface area contributed by atoms with E-state index >= 15 is 0 Å². The lowest BCUT2D eigenvalue weighted by atomic mass is 9.98. The van der Waals surface area contributed by atoms with Crippen molar-refractivity contribution in [1.82, 2.24) is 0 Å². The van der Waals surface area contributed by atoms with Crippen LogP contribution < -0.4 is 10.2 Å². The van der Waals surface area contributed by atoms with Crippen LogP contribution >= 0.6 is 0 Å². The Labute approximate surface area is 113 Å². The molecule has 1 saturated heterocycles. The summed E-state index contributed by atoms with van der Waals surface area (Å²) in [4.78, 5) is 24.1. The summed E-state index contributed by atoms with van der Waals surface area (Å²) in [5.74, 6) is 0.00181. The normalized spacial score (nSPS) is 15.9. The van der Waals surface area contributed by atoms with Crippen molar-refractivity contribution in [2.45, 2.75) is 12.8 Å². The number of hydrogen-bond acceptors (Lipinski definition) is 3. The molecule has 4 heteroatoms. The average Bonchev–Trinajstić information content (AvgIpc) is 2.48. The van der Waals surface area contributed by atoms with Crippen LogP contribution in [0.5, 0.6) is 0 Å². The first-order chi connectivity index (χ1) is 9.22. The molecule has 1 aromatic rings. The van der Waals surface area contributed by atoms with Gasteiger partial charge in [0, 0.05) is 30.4 Å². The van der Waals surface area contributed by atoms with E-state index in [0.717, 1.165) is 43.6 Å². The van der Waals surface area contributed by atoms with Gasteiger partial charge < -0.3 is 15.0 Å². The fourth-order valence-corrected chi connectivity index (χ4v) is 2.24. The maximum atomic E-state index is 11.2. The van der Waals surface area contributed by atoms with Gasteiger partial charge in [0.1, 0.15) is 6.29 Å². The van der Waals surface area contributed by atoms with E-state index in [0.29, 0.717) is 0 Å². The minimum absolute atomic E-state index is 0.209. The Morgan fingerprint density at radius 2 is 1.89 bits per heavy atom. The lowest BCUT2D eigenvalue weighted by Gasteiger charge is -2.31. The third-order valence-electron chi connectivity index (χ3n) is 3.42. The quantitative estimate of drug-likeness (QED) is 0.665. The van der Waals surface area contributed by atoms with Crippen LogP contribution in [0, 0.1) is 5.92 Å². The van der Waals surface area contributed by atoms with E-state index in [-0.39, 0.29) is 11.8 Å². The summed E-state index contributed by atoms with van der Waals surface area (Å²) in [6, 6.07) is 7.73. The number of piperidine rings is 1. The van der Waals surface area contributed by atoms with E-state index in [1.165, 1.54) is 6.08 Å². The fraction of sp³-hybridized carbons (Fsp3) is 0.333. The van der Waals surface area contributed by atoms with Crippen LogP contribution in [-0.2, 0) is 9.59 Å². The summed E-state index contributed by atoms with van der Waals surface area (Å²) >= 11 is 0. The van der Waals surface area contributed by atoms with Gasteiger partial charge in [0.05, 0.1) is 0 Å².